The molecule has 6 N–H and O–H groups in total. The number of hydrogen-bond donors (Lipinski definition) is 5. The summed E-state index contributed by atoms with van der Waals surface area (Å²) < 4.78 is 0. The predicted octanol–water partition coefficient (Wildman–Crippen LogP) is 1.24. The molecule has 6 amide bonds. The third kappa shape index (κ3) is 8.63. The molecule has 2 aromatic rings. The van der Waals surface area contributed by atoms with Crippen LogP contribution < -0.4 is 27.0 Å². The zero-order valence-corrected chi connectivity index (χ0v) is 27.4. The summed E-state index contributed by atoms with van der Waals surface area (Å²) in [5.41, 5.74) is 5.52. The fraction of sp³-hybridized carbons (Fsp3) is 0.586. The Balaban J connectivity index is 1.69. The molecule has 0 unspecified atom stereocenters. The first-order valence-corrected chi connectivity index (χ1v) is 16.8. The van der Waals surface area contributed by atoms with Gasteiger partial charge in [-0.15, -0.1) is 22.7 Å². The van der Waals surface area contributed by atoms with E-state index >= 15 is 0 Å². The molecule has 1 saturated heterocycles. The predicted molar refractivity (Wildman–Crippen MR) is 167 cm³/mol. The summed E-state index contributed by atoms with van der Waals surface area (Å²) in [5, 5.41) is 15.2. The highest BCUT2D eigenvalue weighted by atomic mass is 32.1. The maximum atomic E-state index is 13.8. The molecule has 0 aliphatic carbocycles. The minimum atomic E-state index is -0.985. The Kier molecular flexibility index (Phi) is 11.3. The van der Waals surface area contributed by atoms with Crippen molar-refractivity contribution in [3.8, 4) is 0 Å². The van der Waals surface area contributed by atoms with Gasteiger partial charge in [0.05, 0.1) is 12.6 Å². The minimum absolute atomic E-state index is 0.0351. The second-order valence-corrected chi connectivity index (χ2v) is 13.9. The molecule has 2 aromatic heterocycles. The first-order valence-electron chi connectivity index (χ1n) is 15.0. The lowest BCUT2D eigenvalue weighted by atomic mass is 9.99. The van der Waals surface area contributed by atoms with E-state index in [1.54, 1.807) is 19.2 Å². The zero-order chi connectivity index (χ0) is 32.8. The van der Waals surface area contributed by atoms with Crippen molar-refractivity contribution in [1.82, 2.24) is 36.1 Å². The van der Waals surface area contributed by atoms with Gasteiger partial charge in [-0.05, 0) is 37.5 Å². The summed E-state index contributed by atoms with van der Waals surface area (Å²) in [6, 6.07) is -3.34. The molecule has 0 aromatic carbocycles. The van der Waals surface area contributed by atoms with Gasteiger partial charge in [0.2, 0.25) is 23.6 Å². The fourth-order valence-corrected chi connectivity index (χ4v) is 6.91. The average Bonchev–Trinajstić information content (AvgIpc) is 3.76. The molecule has 0 spiro atoms. The van der Waals surface area contributed by atoms with Gasteiger partial charge >= 0.3 is 0 Å². The van der Waals surface area contributed by atoms with Crippen LogP contribution in [0, 0.1) is 11.8 Å². The van der Waals surface area contributed by atoms with E-state index < -0.39 is 47.8 Å². The van der Waals surface area contributed by atoms with Crippen molar-refractivity contribution in [1.29, 1.82) is 0 Å². The van der Waals surface area contributed by atoms with Crippen LogP contribution in [0.1, 0.15) is 96.8 Å². The third-order valence-electron chi connectivity index (χ3n) is 7.63. The van der Waals surface area contributed by atoms with Crippen LogP contribution in [0.2, 0.25) is 0 Å². The fourth-order valence-electron chi connectivity index (χ4n) is 5.31. The van der Waals surface area contributed by atoms with Crippen LogP contribution in [0.25, 0.3) is 0 Å². The molecule has 244 valence electrons. The van der Waals surface area contributed by atoms with Gasteiger partial charge in [0, 0.05) is 23.7 Å². The van der Waals surface area contributed by atoms with E-state index in [1.807, 2.05) is 13.8 Å². The van der Waals surface area contributed by atoms with Crippen LogP contribution >= 0.6 is 22.7 Å². The van der Waals surface area contributed by atoms with Gasteiger partial charge in [0.15, 0.2) is 0 Å². The van der Waals surface area contributed by atoms with Crippen LogP contribution in [-0.4, -0.2) is 75.0 Å². The van der Waals surface area contributed by atoms with Crippen molar-refractivity contribution in [3.05, 3.63) is 32.2 Å². The first kappa shape index (κ1) is 34.0. The molecule has 2 aliphatic rings. The van der Waals surface area contributed by atoms with Gasteiger partial charge < -0.3 is 31.9 Å². The lowest BCUT2D eigenvalue weighted by Crippen LogP contribution is -2.57. The molecular formula is C29H40N8O6S2. The number of amides is 6. The Hall–Kier alpha value is -3.92. The van der Waals surface area contributed by atoms with E-state index in [-0.39, 0.29) is 54.4 Å². The SMILES string of the molecule is CC(C)C[C@H]1NC(=O)[C@H](C(C)C)NC(=O)c2csc(n2)[C@@H](CCC(N)=O)NC(=O)c2csc(n2)CNC(=O)[C@H]2CCCN2C1=O. The van der Waals surface area contributed by atoms with Crippen LogP contribution in [0.3, 0.4) is 0 Å². The van der Waals surface area contributed by atoms with E-state index in [1.165, 1.54) is 21.6 Å². The molecule has 4 atom stereocenters. The molecule has 0 saturated carbocycles. The topological polar surface area (TPSA) is 206 Å². The van der Waals surface area contributed by atoms with Crippen LogP contribution in [0.15, 0.2) is 10.8 Å². The number of nitrogens with two attached hydrogens (primary N) is 1. The Morgan fingerprint density at radius 1 is 0.956 bits per heavy atom. The number of fused-ring (bicyclic) bond motifs is 5. The highest BCUT2D eigenvalue weighted by Gasteiger charge is 2.39. The molecule has 4 rings (SSSR count). The average molecular weight is 661 g/mol. The maximum absolute atomic E-state index is 13.8. The highest BCUT2D eigenvalue weighted by molar-refractivity contribution is 7.10. The Morgan fingerprint density at radius 3 is 2.33 bits per heavy atom. The molecule has 0 radical (unpaired) electrons. The van der Waals surface area contributed by atoms with Crippen molar-refractivity contribution in [3.63, 3.8) is 0 Å². The van der Waals surface area contributed by atoms with E-state index in [2.05, 4.69) is 31.2 Å². The summed E-state index contributed by atoms with van der Waals surface area (Å²) in [7, 11) is 0. The quantitative estimate of drug-likeness (QED) is 0.304. The number of carbonyl (C=O) groups is 6. The summed E-state index contributed by atoms with van der Waals surface area (Å²) in [6.45, 7) is 7.86. The van der Waals surface area contributed by atoms with Crippen molar-refractivity contribution >= 4 is 58.1 Å². The van der Waals surface area contributed by atoms with Crippen molar-refractivity contribution in [2.75, 3.05) is 6.54 Å². The summed E-state index contributed by atoms with van der Waals surface area (Å²) >= 11 is 2.31. The van der Waals surface area contributed by atoms with E-state index in [0.29, 0.717) is 35.8 Å². The Bertz CT molecular complexity index is 1440. The summed E-state index contributed by atoms with van der Waals surface area (Å²) in [5.74, 6) is -3.19. The van der Waals surface area contributed by atoms with Gasteiger partial charge in [-0.3, -0.25) is 28.8 Å². The number of carbonyl (C=O) groups excluding carboxylic acids is 6. The minimum Gasteiger partial charge on any atom is -0.370 e. The molecule has 14 nitrogen and oxygen atoms in total. The lowest BCUT2D eigenvalue weighted by molar-refractivity contribution is -0.142. The van der Waals surface area contributed by atoms with Gasteiger partial charge in [-0.2, -0.15) is 0 Å². The molecule has 1 fully saturated rings. The van der Waals surface area contributed by atoms with E-state index in [9.17, 15) is 28.8 Å². The van der Waals surface area contributed by atoms with Crippen LogP contribution in [0.5, 0.6) is 0 Å². The number of thiazole rings is 2. The Labute approximate surface area is 269 Å². The first-order chi connectivity index (χ1) is 21.3. The number of aromatic nitrogens is 2. The van der Waals surface area contributed by atoms with Gasteiger partial charge in [-0.1, -0.05) is 27.7 Å². The molecule has 4 heterocycles. The number of hydrogen-bond acceptors (Lipinski definition) is 10. The number of nitrogens with zero attached hydrogens (tertiary/aromatic N) is 3. The number of rotatable bonds is 6. The Morgan fingerprint density at radius 2 is 1.64 bits per heavy atom. The number of primary amides is 1. The van der Waals surface area contributed by atoms with Gasteiger partial charge in [0.1, 0.15) is 39.5 Å². The zero-order valence-electron chi connectivity index (χ0n) is 25.8. The smallest absolute Gasteiger partial charge is 0.271 e. The normalized spacial score (nSPS) is 23.6. The molecule has 4 bridgehead atoms. The van der Waals surface area contributed by atoms with Crippen molar-refractivity contribution in [2.45, 2.75) is 90.5 Å². The van der Waals surface area contributed by atoms with Gasteiger partial charge in [-0.25, -0.2) is 9.97 Å². The monoisotopic (exact) mass is 660 g/mol. The van der Waals surface area contributed by atoms with Gasteiger partial charge in [0.25, 0.3) is 11.8 Å². The second kappa shape index (κ2) is 14.9. The van der Waals surface area contributed by atoms with E-state index in [0.717, 1.165) is 11.3 Å². The number of nitrogens with one attached hydrogen (secondary N) is 4. The van der Waals surface area contributed by atoms with Crippen LogP contribution in [0.4, 0.5) is 0 Å². The second-order valence-electron chi connectivity index (χ2n) is 12.0. The van der Waals surface area contributed by atoms with Crippen LogP contribution in [-0.2, 0) is 25.7 Å². The van der Waals surface area contributed by atoms with Crippen molar-refractivity contribution < 1.29 is 28.8 Å². The molecule has 45 heavy (non-hydrogen) atoms. The molecule has 2 aliphatic heterocycles. The van der Waals surface area contributed by atoms with Crippen molar-refractivity contribution in [2.24, 2.45) is 17.6 Å². The van der Waals surface area contributed by atoms with E-state index in [4.69, 9.17) is 5.73 Å². The molecule has 16 heteroatoms. The summed E-state index contributed by atoms with van der Waals surface area (Å²) in [4.78, 5) is 88.9. The summed E-state index contributed by atoms with van der Waals surface area (Å²) in [6.07, 6.45) is 1.55. The maximum Gasteiger partial charge on any atom is 0.271 e. The largest absolute Gasteiger partial charge is 0.370 e. The highest BCUT2D eigenvalue weighted by Crippen LogP contribution is 2.25. The molecular weight excluding hydrogens is 621 g/mol. The lowest BCUT2D eigenvalue weighted by Gasteiger charge is -2.31. The standard InChI is InChI=1S/C29H40N8O6S2/c1-14(2)10-17-29(43)37-9-5-6-20(37)26(41)31-11-22-32-18(12-44-22)24(39)33-16(7-8-21(30)38)28-35-19(13-45-28)25(40)36-23(15(3)4)27(42)34-17/h12-17,20,23H,5-11H2,1-4H3,(H2,30,38)(H,31,41)(H,33,39)(H,34,42)(H,36,40)/t16-,17-,20-,23+/m1/s1. The third-order valence-corrected chi connectivity index (χ3v) is 9.44.